The number of benzene rings is 3. The van der Waals surface area contributed by atoms with Crippen LogP contribution in [0.2, 0.25) is 0 Å². The minimum Gasteiger partial charge on any atom is -0.497 e. The zero-order valence-electron chi connectivity index (χ0n) is 24.6. The van der Waals surface area contributed by atoms with Gasteiger partial charge in [0.25, 0.3) is 0 Å². The van der Waals surface area contributed by atoms with E-state index < -0.39 is 5.97 Å². The fourth-order valence-electron chi connectivity index (χ4n) is 5.15. The van der Waals surface area contributed by atoms with Gasteiger partial charge in [0.15, 0.2) is 0 Å². The topological polar surface area (TPSA) is 70.0 Å². The van der Waals surface area contributed by atoms with Gasteiger partial charge in [0.2, 0.25) is 5.43 Å². The maximum Gasteiger partial charge on any atom is 0.343 e. The first kappa shape index (κ1) is 30.5. The standard InChI is InChI=1S/C34H33BrN2O5S/c1-5-42-34(39)27-21-37(19-24-11-7-9-13-29(24)41-4)33-30(31(27)38)26(20-36(2)18-23-10-6-8-12-28(23)35)32(43-33)22-14-16-25(40-3)17-15-22/h6-17,21H,5,18-20H2,1-4H3. The molecule has 3 aromatic carbocycles. The van der Waals surface area contributed by atoms with E-state index in [1.807, 2.05) is 78.3 Å². The number of aromatic nitrogens is 1. The number of methoxy groups -OCH3 is 2. The number of ether oxygens (including phenoxy) is 3. The number of hydrogen-bond donors (Lipinski definition) is 0. The van der Waals surface area contributed by atoms with Gasteiger partial charge in [-0.3, -0.25) is 9.69 Å². The highest BCUT2D eigenvalue weighted by Crippen LogP contribution is 2.39. The van der Waals surface area contributed by atoms with Crippen molar-refractivity contribution >= 4 is 43.5 Å². The summed E-state index contributed by atoms with van der Waals surface area (Å²) in [4.78, 5) is 31.2. The van der Waals surface area contributed by atoms with Gasteiger partial charge in [0.05, 0.1) is 32.8 Å². The SMILES string of the molecule is CCOC(=O)c1cn(Cc2ccccc2OC)c2sc(-c3ccc(OC)cc3)c(CN(C)Cc3ccccc3Br)c2c1=O. The summed E-state index contributed by atoms with van der Waals surface area (Å²) in [5.74, 6) is 0.845. The molecule has 5 aromatic rings. The molecule has 0 aliphatic rings. The highest BCUT2D eigenvalue weighted by molar-refractivity contribution is 9.10. The van der Waals surface area contributed by atoms with Gasteiger partial charge in [-0.05, 0) is 67.1 Å². The van der Waals surface area contributed by atoms with Gasteiger partial charge in [-0.2, -0.15) is 0 Å². The van der Waals surface area contributed by atoms with Crippen LogP contribution in [0.4, 0.5) is 0 Å². The maximum absolute atomic E-state index is 14.2. The lowest BCUT2D eigenvalue weighted by Crippen LogP contribution is -2.23. The first-order valence-corrected chi connectivity index (χ1v) is 15.5. The lowest BCUT2D eigenvalue weighted by Gasteiger charge is -2.19. The van der Waals surface area contributed by atoms with Gasteiger partial charge >= 0.3 is 5.97 Å². The second kappa shape index (κ2) is 13.6. The van der Waals surface area contributed by atoms with Gasteiger partial charge in [-0.1, -0.05) is 52.3 Å². The summed E-state index contributed by atoms with van der Waals surface area (Å²) < 4.78 is 19.4. The molecule has 0 aliphatic carbocycles. The molecule has 0 atom stereocenters. The summed E-state index contributed by atoms with van der Waals surface area (Å²) >= 11 is 5.20. The molecule has 0 aliphatic heterocycles. The molecule has 0 radical (unpaired) electrons. The lowest BCUT2D eigenvalue weighted by molar-refractivity contribution is 0.0524. The number of rotatable bonds is 11. The van der Waals surface area contributed by atoms with Crippen LogP contribution in [0.3, 0.4) is 0 Å². The molecule has 2 heterocycles. The van der Waals surface area contributed by atoms with Crippen LogP contribution in [0.15, 0.2) is 88.3 Å². The van der Waals surface area contributed by atoms with E-state index in [1.54, 1.807) is 38.7 Å². The molecule has 222 valence electrons. The Morgan fingerprint density at radius 2 is 1.63 bits per heavy atom. The molecule has 0 saturated heterocycles. The molecule has 0 spiro atoms. The highest BCUT2D eigenvalue weighted by Gasteiger charge is 2.25. The summed E-state index contributed by atoms with van der Waals surface area (Å²) in [7, 11) is 5.30. The third-order valence-corrected chi connectivity index (χ3v) is 9.30. The fourth-order valence-corrected chi connectivity index (χ4v) is 6.85. The molecule has 43 heavy (non-hydrogen) atoms. The Bertz CT molecular complexity index is 1810. The lowest BCUT2D eigenvalue weighted by atomic mass is 10.0. The molecule has 5 rings (SSSR count). The van der Waals surface area contributed by atoms with Crippen LogP contribution < -0.4 is 14.9 Å². The molecule has 0 fully saturated rings. The number of thiophene rings is 1. The van der Waals surface area contributed by atoms with Crippen molar-refractivity contribution in [1.29, 1.82) is 0 Å². The molecule has 2 aromatic heterocycles. The Kier molecular flexibility index (Phi) is 9.65. The third kappa shape index (κ3) is 6.54. The highest BCUT2D eigenvalue weighted by atomic mass is 79.9. The number of para-hydroxylation sites is 1. The zero-order valence-corrected chi connectivity index (χ0v) is 27.0. The summed E-state index contributed by atoms with van der Waals surface area (Å²) in [6.45, 7) is 3.46. The van der Waals surface area contributed by atoms with Crippen molar-refractivity contribution in [2.24, 2.45) is 0 Å². The Labute approximate surface area is 263 Å². The first-order chi connectivity index (χ1) is 20.8. The zero-order chi connectivity index (χ0) is 30.5. The van der Waals surface area contributed by atoms with Crippen molar-refractivity contribution in [3.8, 4) is 21.9 Å². The molecule has 0 amide bonds. The summed E-state index contributed by atoms with van der Waals surface area (Å²) in [5.41, 5.74) is 3.58. The van der Waals surface area contributed by atoms with E-state index in [0.29, 0.717) is 25.0 Å². The van der Waals surface area contributed by atoms with Gasteiger partial charge < -0.3 is 18.8 Å². The van der Waals surface area contributed by atoms with Crippen molar-refractivity contribution in [2.75, 3.05) is 27.9 Å². The molecule has 7 nitrogen and oxygen atoms in total. The molecule has 0 bridgehead atoms. The van der Waals surface area contributed by atoms with E-state index in [9.17, 15) is 9.59 Å². The number of nitrogens with zero attached hydrogens (tertiary/aromatic N) is 2. The van der Waals surface area contributed by atoms with Gasteiger partial charge in [-0.25, -0.2) is 4.79 Å². The first-order valence-electron chi connectivity index (χ1n) is 13.9. The normalized spacial score (nSPS) is 11.2. The number of fused-ring (bicyclic) bond motifs is 1. The fraction of sp³-hybridized carbons (Fsp3) is 0.235. The van der Waals surface area contributed by atoms with Crippen LogP contribution in [-0.2, 0) is 24.4 Å². The molecular formula is C34H33BrN2O5S. The van der Waals surface area contributed by atoms with E-state index in [1.165, 1.54) is 0 Å². The smallest absolute Gasteiger partial charge is 0.343 e. The predicted molar refractivity (Wildman–Crippen MR) is 175 cm³/mol. The number of halogens is 1. The van der Waals surface area contributed by atoms with E-state index >= 15 is 0 Å². The summed E-state index contributed by atoms with van der Waals surface area (Å²) in [6.07, 6.45) is 1.62. The van der Waals surface area contributed by atoms with Crippen molar-refractivity contribution in [1.82, 2.24) is 9.47 Å². The van der Waals surface area contributed by atoms with Gasteiger partial charge in [0, 0.05) is 34.2 Å². The molecular weight excluding hydrogens is 628 g/mol. The van der Waals surface area contributed by atoms with E-state index in [0.717, 1.165) is 47.9 Å². The van der Waals surface area contributed by atoms with Crippen LogP contribution in [-0.4, -0.2) is 43.3 Å². The minimum absolute atomic E-state index is 0.0121. The predicted octanol–water partition coefficient (Wildman–Crippen LogP) is 7.37. The second-order valence-corrected chi connectivity index (χ2v) is 12.0. The Hall–Kier alpha value is -3.92. The number of esters is 1. The van der Waals surface area contributed by atoms with Crippen molar-refractivity contribution in [3.05, 3.63) is 116 Å². The van der Waals surface area contributed by atoms with Crippen LogP contribution in [0, 0.1) is 0 Å². The average Bonchev–Trinajstić information content (AvgIpc) is 3.39. The Morgan fingerprint density at radius 1 is 0.930 bits per heavy atom. The van der Waals surface area contributed by atoms with Crippen LogP contribution in [0.1, 0.15) is 34.0 Å². The van der Waals surface area contributed by atoms with E-state index in [2.05, 4.69) is 26.9 Å². The molecule has 0 saturated carbocycles. The molecule has 9 heteroatoms. The van der Waals surface area contributed by atoms with Gasteiger partial charge in [0.1, 0.15) is 21.9 Å². The van der Waals surface area contributed by atoms with Crippen LogP contribution in [0.25, 0.3) is 20.7 Å². The van der Waals surface area contributed by atoms with Crippen molar-refractivity contribution < 1.29 is 19.0 Å². The van der Waals surface area contributed by atoms with E-state index in [4.69, 9.17) is 14.2 Å². The average molecular weight is 662 g/mol. The summed E-state index contributed by atoms with van der Waals surface area (Å²) in [5, 5.41) is 0.523. The van der Waals surface area contributed by atoms with E-state index in [-0.39, 0.29) is 17.6 Å². The number of pyridine rings is 1. The maximum atomic E-state index is 14.2. The van der Waals surface area contributed by atoms with Gasteiger partial charge in [-0.15, -0.1) is 11.3 Å². The minimum atomic E-state index is -0.632. The molecule has 0 N–H and O–H groups in total. The Morgan fingerprint density at radius 3 is 2.30 bits per heavy atom. The van der Waals surface area contributed by atoms with Crippen LogP contribution in [0.5, 0.6) is 11.5 Å². The largest absolute Gasteiger partial charge is 0.497 e. The Balaban J connectivity index is 1.73. The second-order valence-electron chi connectivity index (χ2n) is 10.1. The summed E-state index contributed by atoms with van der Waals surface area (Å²) in [6, 6.07) is 23.7. The third-order valence-electron chi connectivity index (χ3n) is 7.21. The number of hydrogen-bond acceptors (Lipinski definition) is 7. The monoisotopic (exact) mass is 660 g/mol. The number of carbonyl (C=O) groups excluding carboxylic acids is 1. The molecule has 0 unspecified atom stereocenters. The number of carbonyl (C=O) groups is 1. The van der Waals surface area contributed by atoms with Crippen molar-refractivity contribution in [3.63, 3.8) is 0 Å². The quantitative estimate of drug-likeness (QED) is 0.138. The van der Waals surface area contributed by atoms with Crippen molar-refractivity contribution in [2.45, 2.75) is 26.6 Å². The van der Waals surface area contributed by atoms with Crippen LogP contribution >= 0.6 is 27.3 Å².